The highest BCUT2D eigenvalue weighted by Crippen LogP contribution is 2.19. The van der Waals surface area contributed by atoms with Gasteiger partial charge in [-0.3, -0.25) is 5.10 Å². The molecular weight excluding hydrogens is 240 g/mol. The van der Waals surface area contributed by atoms with Gasteiger partial charge in [0, 0.05) is 24.7 Å². The van der Waals surface area contributed by atoms with Crippen LogP contribution >= 0.6 is 0 Å². The Morgan fingerprint density at radius 3 is 2.65 bits per heavy atom. The number of nitrogens with one attached hydrogen (secondary N) is 2. The lowest BCUT2D eigenvalue weighted by Crippen LogP contribution is -2.37. The molecule has 0 aliphatic rings. The standard InChI is InChI=1S/C10H20N4O2S/c1-5-14(8(2)3)17(15,16)10-9(6-11-4)7-12-13-10/h7-8,11H,5-6H2,1-4H3,(H,12,13). The van der Waals surface area contributed by atoms with Crippen LogP contribution in [0.25, 0.3) is 0 Å². The molecule has 0 saturated carbocycles. The Morgan fingerprint density at radius 2 is 2.18 bits per heavy atom. The molecule has 0 amide bonds. The summed E-state index contributed by atoms with van der Waals surface area (Å²) in [5.41, 5.74) is 0.659. The summed E-state index contributed by atoms with van der Waals surface area (Å²) in [4.78, 5) is 0. The molecule has 7 heteroatoms. The van der Waals surface area contributed by atoms with Gasteiger partial charge in [0.2, 0.25) is 0 Å². The predicted octanol–water partition coefficient (Wildman–Crippen LogP) is 0.548. The van der Waals surface area contributed by atoms with E-state index in [0.717, 1.165) is 0 Å². The third-order valence-corrected chi connectivity index (χ3v) is 4.67. The number of aromatic amines is 1. The molecule has 17 heavy (non-hydrogen) atoms. The van der Waals surface area contributed by atoms with Gasteiger partial charge in [0.1, 0.15) is 0 Å². The summed E-state index contributed by atoms with van der Waals surface area (Å²) in [5, 5.41) is 9.50. The highest BCUT2D eigenvalue weighted by molar-refractivity contribution is 7.89. The number of hydrogen-bond acceptors (Lipinski definition) is 4. The average molecular weight is 260 g/mol. The number of nitrogens with zero attached hydrogens (tertiary/aromatic N) is 2. The summed E-state index contributed by atoms with van der Waals surface area (Å²) < 4.78 is 26.2. The predicted molar refractivity (Wildman–Crippen MR) is 66.1 cm³/mol. The first-order chi connectivity index (χ1) is 7.95. The zero-order chi connectivity index (χ0) is 13.1. The molecule has 0 aromatic carbocycles. The maximum Gasteiger partial charge on any atom is 0.260 e. The van der Waals surface area contributed by atoms with Gasteiger partial charge in [-0.1, -0.05) is 6.92 Å². The van der Waals surface area contributed by atoms with Crippen molar-refractivity contribution in [3.05, 3.63) is 11.8 Å². The van der Waals surface area contributed by atoms with Crippen LogP contribution in [-0.2, 0) is 16.6 Å². The lowest BCUT2D eigenvalue weighted by Gasteiger charge is -2.23. The van der Waals surface area contributed by atoms with E-state index in [2.05, 4.69) is 15.5 Å². The van der Waals surface area contributed by atoms with Crippen molar-refractivity contribution in [3.63, 3.8) is 0 Å². The van der Waals surface area contributed by atoms with E-state index in [4.69, 9.17) is 0 Å². The Hall–Kier alpha value is -0.920. The fraction of sp³-hybridized carbons (Fsp3) is 0.700. The fourth-order valence-corrected chi connectivity index (χ4v) is 3.52. The first-order valence-electron chi connectivity index (χ1n) is 5.63. The highest BCUT2D eigenvalue weighted by atomic mass is 32.2. The smallest absolute Gasteiger partial charge is 0.260 e. The zero-order valence-corrected chi connectivity index (χ0v) is 11.5. The Bertz CT molecular complexity index is 453. The van der Waals surface area contributed by atoms with Gasteiger partial charge < -0.3 is 5.32 Å². The summed E-state index contributed by atoms with van der Waals surface area (Å²) in [7, 11) is -1.72. The summed E-state index contributed by atoms with van der Waals surface area (Å²) in [6.07, 6.45) is 1.54. The van der Waals surface area contributed by atoms with Crippen molar-refractivity contribution in [1.82, 2.24) is 19.8 Å². The Balaban J connectivity index is 3.16. The van der Waals surface area contributed by atoms with Crippen LogP contribution < -0.4 is 5.32 Å². The number of hydrogen-bond donors (Lipinski definition) is 2. The topological polar surface area (TPSA) is 78.1 Å². The summed E-state index contributed by atoms with van der Waals surface area (Å²) in [6, 6.07) is -0.0734. The monoisotopic (exact) mass is 260 g/mol. The van der Waals surface area contributed by atoms with Gasteiger partial charge >= 0.3 is 0 Å². The number of sulfonamides is 1. The van der Waals surface area contributed by atoms with Crippen LogP contribution in [0.5, 0.6) is 0 Å². The van der Waals surface area contributed by atoms with Crippen molar-refractivity contribution in [2.75, 3.05) is 13.6 Å². The van der Waals surface area contributed by atoms with Crippen LogP contribution in [0, 0.1) is 0 Å². The van der Waals surface area contributed by atoms with Crippen LogP contribution in [0.1, 0.15) is 26.3 Å². The quantitative estimate of drug-likeness (QED) is 0.783. The van der Waals surface area contributed by atoms with Crippen LogP contribution in [-0.4, -0.2) is 42.6 Å². The zero-order valence-electron chi connectivity index (χ0n) is 10.7. The molecule has 0 bridgehead atoms. The van der Waals surface area contributed by atoms with E-state index in [1.165, 1.54) is 10.5 Å². The Morgan fingerprint density at radius 1 is 1.53 bits per heavy atom. The molecule has 0 aliphatic heterocycles. The van der Waals surface area contributed by atoms with Gasteiger partial charge in [-0.25, -0.2) is 8.42 Å². The van der Waals surface area contributed by atoms with Gasteiger partial charge in [-0.2, -0.15) is 9.40 Å². The van der Waals surface area contributed by atoms with Gasteiger partial charge in [0.15, 0.2) is 5.03 Å². The minimum absolute atomic E-state index is 0.0734. The molecule has 0 saturated heterocycles. The van der Waals surface area contributed by atoms with Crippen molar-refractivity contribution in [2.45, 2.75) is 38.4 Å². The lowest BCUT2D eigenvalue weighted by atomic mass is 10.4. The molecule has 1 rings (SSSR count). The SMILES string of the molecule is CCN(C(C)C)S(=O)(=O)c1[nH]ncc1CNC. The minimum atomic E-state index is -3.48. The van der Waals surface area contributed by atoms with E-state index in [1.807, 2.05) is 20.8 Å². The number of aromatic nitrogens is 2. The maximum absolute atomic E-state index is 12.4. The molecule has 2 N–H and O–H groups in total. The van der Waals surface area contributed by atoms with Crippen molar-refractivity contribution >= 4 is 10.0 Å². The van der Waals surface area contributed by atoms with Crippen LogP contribution in [0.2, 0.25) is 0 Å². The lowest BCUT2D eigenvalue weighted by molar-refractivity contribution is 0.367. The average Bonchev–Trinajstić information content (AvgIpc) is 2.67. The molecule has 0 atom stereocenters. The number of H-pyrrole nitrogens is 1. The summed E-state index contributed by atoms with van der Waals surface area (Å²) in [6.45, 7) is 6.45. The van der Waals surface area contributed by atoms with Gasteiger partial charge in [0.05, 0.1) is 6.20 Å². The second-order valence-electron chi connectivity index (χ2n) is 4.06. The molecule has 1 aromatic rings. The Labute approximate surface area is 102 Å². The van der Waals surface area contributed by atoms with E-state index in [-0.39, 0.29) is 11.1 Å². The first-order valence-corrected chi connectivity index (χ1v) is 7.07. The largest absolute Gasteiger partial charge is 0.316 e. The molecule has 0 aliphatic carbocycles. The van der Waals surface area contributed by atoms with E-state index in [1.54, 1.807) is 7.05 Å². The third kappa shape index (κ3) is 2.85. The molecule has 0 unspecified atom stereocenters. The van der Waals surface area contributed by atoms with E-state index < -0.39 is 10.0 Å². The molecule has 1 aromatic heterocycles. The summed E-state index contributed by atoms with van der Waals surface area (Å²) >= 11 is 0. The highest BCUT2D eigenvalue weighted by Gasteiger charge is 2.29. The van der Waals surface area contributed by atoms with Crippen molar-refractivity contribution in [1.29, 1.82) is 0 Å². The molecule has 0 spiro atoms. The summed E-state index contributed by atoms with van der Waals surface area (Å²) in [5.74, 6) is 0. The minimum Gasteiger partial charge on any atom is -0.316 e. The van der Waals surface area contributed by atoms with E-state index in [0.29, 0.717) is 18.7 Å². The van der Waals surface area contributed by atoms with Crippen LogP contribution in [0.15, 0.2) is 11.2 Å². The molecule has 0 fully saturated rings. The van der Waals surface area contributed by atoms with Gasteiger partial charge in [0.25, 0.3) is 10.0 Å². The third-order valence-electron chi connectivity index (χ3n) is 2.50. The van der Waals surface area contributed by atoms with Crippen molar-refractivity contribution in [2.24, 2.45) is 0 Å². The number of rotatable bonds is 6. The molecule has 98 valence electrons. The van der Waals surface area contributed by atoms with Gasteiger partial charge in [-0.15, -0.1) is 0 Å². The molecule has 1 heterocycles. The molecular formula is C10H20N4O2S. The van der Waals surface area contributed by atoms with Crippen molar-refractivity contribution < 1.29 is 8.42 Å². The van der Waals surface area contributed by atoms with E-state index in [9.17, 15) is 8.42 Å². The second kappa shape index (κ2) is 5.61. The second-order valence-corrected chi connectivity index (χ2v) is 5.88. The van der Waals surface area contributed by atoms with Crippen LogP contribution in [0.4, 0.5) is 0 Å². The van der Waals surface area contributed by atoms with Crippen molar-refractivity contribution in [3.8, 4) is 0 Å². The van der Waals surface area contributed by atoms with Gasteiger partial charge in [-0.05, 0) is 20.9 Å². The first kappa shape index (κ1) is 14.1. The van der Waals surface area contributed by atoms with Crippen LogP contribution in [0.3, 0.4) is 0 Å². The fourth-order valence-electron chi connectivity index (χ4n) is 1.77. The molecule has 0 radical (unpaired) electrons. The van der Waals surface area contributed by atoms with E-state index >= 15 is 0 Å². The molecule has 6 nitrogen and oxygen atoms in total. The normalized spacial score (nSPS) is 12.6. The maximum atomic E-state index is 12.4. The Kier molecular flexibility index (Phi) is 4.67.